The Morgan fingerprint density at radius 1 is 1.15 bits per heavy atom. The molecule has 1 aromatic rings. The van der Waals surface area contributed by atoms with Gasteiger partial charge in [0, 0.05) is 0 Å². The lowest BCUT2D eigenvalue weighted by atomic mass is 9.57. The molecule has 0 unspecified atom stereocenters. The Labute approximate surface area is 123 Å². The van der Waals surface area contributed by atoms with Gasteiger partial charge in [0.25, 0.3) is 0 Å². The number of phenolic OH excluding ortho intramolecular Hbond substituents is 1. The molecule has 0 aromatic heterocycles. The Morgan fingerprint density at radius 3 is 2.50 bits per heavy atom. The molecule has 0 aliphatic heterocycles. The van der Waals surface area contributed by atoms with Crippen LogP contribution in [0.1, 0.15) is 76.5 Å². The van der Waals surface area contributed by atoms with Crippen molar-refractivity contribution >= 4 is 0 Å². The van der Waals surface area contributed by atoms with Crippen LogP contribution < -0.4 is 0 Å². The zero-order valence-electron chi connectivity index (χ0n) is 13.6. The summed E-state index contributed by atoms with van der Waals surface area (Å²) in [5, 5.41) is 10.7. The maximum absolute atomic E-state index is 10.7. The molecule has 0 amide bonds. The SMILES string of the molecule is CC(C)c1ccc2c(c1O)C[C@H]1C(C)(C)CCC[C@]21C. The summed E-state index contributed by atoms with van der Waals surface area (Å²) in [6, 6.07) is 4.47. The Balaban J connectivity index is 2.14. The highest BCUT2D eigenvalue weighted by Crippen LogP contribution is 2.59. The summed E-state index contributed by atoms with van der Waals surface area (Å²) in [6.45, 7) is 11.6. The van der Waals surface area contributed by atoms with E-state index in [0.717, 1.165) is 12.0 Å². The second-order valence-corrected chi connectivity index (χ2v) is 8.20. The summed E-state index contributed by atoms with van der Waals surface area (Å²) in [5.41, 5.74) is 4.44. The van der Waals surface area contributed by atoms with Crippen LogP contribution in [0.2, 0.25) is 0 Å². The van der Waals surface area contributed by atoms with Crippen LogP contribution in [-0.4, -0.2) is 5.11 Å². The van der Waals surface area contributed by atoms with Gasteiger partial charge in [-0.3, -0.25) is 0 Å². The third-order valence-corrected chi connectivity index (χ3v) is 6.19. The van der Waals surface area contributed by atoms with Crippen LogP contribution in [-0.2, 0) is 11.8 Å². The Kier molecular flexibility index (Phi) is 2.97. The van der Waals surface area contributed by atoms with Crippen molar-refractivity contribution in [1.29, 1.82) is 0 Å². The quantitative estimate of drug-likeness (QED) is 0.749. The van der Waals surface area contributed by atoms with Crippen LogP contribution in [0.5, 0.6) is 5.75 Å². The fourth-order valence-electron chi connectivity index (χ4n) is 5.01. The van der Waals surface area contributed by atoms with Crippen molar-refractivity contribution in [3.8, 4) is 5.75 Å². The van der Waals surface area contributed by atoms with Crippen LogP contribution >= 0.6 is 0 Å². The molecule has 1 heteroatoms. The number of benzene rings is 1. The largest absolute Gasteiger partial charge is 0.507 e. The second-order valence-electron chi connectivity index (χ2n) is 8.20. The van der Waals surface area contributed by atoms with E-state index in [1.807, 2.05) is 0 Å². The van der Waals surface area contributed by atoms with E-state index in [1.54, 1.807) is 0 Å². The Bertz CT molecular complexity index is 541. The van der Waals surface area contributed by atoms with Crippen molar-refractivity contribution < 1.29 is 5.11 Å². The third-order valence-electron chi connectivity index (χ3n) is 6.19. The lowest BCUT2D eigenvalue weighted by molar-refractivity contribution is 0.0701. The van der Waals surface area contributed by atoms with Crippen molar-refractivity contribution in [2.75, 3.05) is 0 Å². The molecule has 3 rings (SSSR count). The number of hydrogen-bond acceptors (Lipinski definition) is 1. The fourth-order valence-corrected chi connectivity index (χ4v) is 5.01. The molecule has 1 N–H and O–H groups in total. The lowest BCUT2D eigenvalue weighted by Gasteiger charge is -2.47. The maximum Gasteiger partial charge on any atom is 0.122 e. The van der Waals surface area contributed by atoms with Crippen molar-refractivity contribution in [3.05, 3.63) is 28.8 Å². The molecule has 2 atom stereocenters. The van der Waals surface area contributed by atoms with Gasteiger partial charge in [-0.15, -0.1) is 0 Å². The van der Waals surface area contributed by atoms with Gasteiger partial charge in [0.2, 0.25) is 0 Å². The summed E-state index contributed by atoms with van der Waals surface area (Å²) < 4.78 is 0. The number of rotatable bonds is 1. The van der Waals surface area contributed by atoms with Crippen LogP contribution in [0.15, 0.2) is 12.1 Å². The molecule has 2 aliphatic carbocycles. The Morgan fingerprint density at radius 2 is 1.85 bits per heavy atom. The molecule has 0 heterocycles. The first kappa shape index (κ1) is 14.0. The molecule has 0 bridgehead atoms. The maximum atomic E-state index is 10.7. The number of aromatic hydroxyl groups is 1. The molecular weight excluding hydrogens is 244 g/mol. The molecule has 1 nitrogen and oxygen atoms in total. The minimum atomic E-state index is 0.268. The van der Waals surface area contributed by atoms with Gasteiger partial charge in [0.15, 0.2) is 0 Å². The lowest BCUT2D eigenvalue weighted by Crippen LogP contribution is -2.42. The van der Waals surface area contributed by atoms with Crippen LogP contribution in [0.4, 0.5) is 0 Å². The van der Waals surface area contributed by atoms with E-state index >= 15 is 0 Å². The number of fused-ring (bicyclic) bond motifs is 3. The van der Waals surface area contributed by atoms with Crippen molar-refractivity contribution in [2.24, 2.45) is 11.3 Å². The van der Waals surface area contributed by atoms with E-state index in [-0.39, 0.29) is 5.41 Å². The number of phenols is 1. The average molecular weight is 272 g/mol. The van der Waals surface area contributed by atoms with E-state index < -0.39 is 0 Å². The van der Waals surface area contributed by atoms with Gasteiger partial charge in [-0.25, -0.2) is 0 Å². The predicted molar refractivity (Wildman–Crippen MR) is 84.4 cm³/mol. The van der Waals surface area contributed by atoms with E-state index in [0.29, 0.717) is 23.0 Å². The molecule has 0 radical (unpaired) electrons. The Hall–Kier alpha value is -0.980. The zero-order chi connectivity index (χ0) is 14.7. The standard InChI is InChI=1S/C19H28O/c1-12(2)13-7-8-15-14(17(13)20)11-16-18(3,4)9-6-10-19(15,16)5/h7-8,12,16,20H,6,9-11H2,1-5H3/t16-,19+/m0/s1. The minimum Gasteiger partial charge on any atom is -0.507 e. The van der Waals surface area contributed by atoms with Gasteiger partial charge in [0.1, 0.15) is 5.75 Å². The molecule has 1 aromatic carbocycles. The highest BCUT2D eigenvalue weighted by atomic mass is 16.3. The number of hydrogen-bond donors (Lipinski definition) is 1. The van der Waals surface area contributed by atoms with Gasteiger partial charge >= 0.3 is 0 Å². The summed E-state index contributed by atoms with van der Waals surface area (Å²) in [5.74, 6) is 1.65. The molecule has 20 heavy (non-hydrogen) atoms. The fraction of sp³-hybridized carbons (Fsp3) is 0.684. The topological polar surface area (TPSA) is 20.2 Å². The monoisotopic (exact) mass is 272 g/mol. The molecule has 2 aliphatic rings. The molecule has 1 saturated carbocycles. The first-order chi connectivity index (χ1) is 9.27. The molecular formula is C19H28O. The van der Waals surface area contributed by atoms with Crippen molar-refractivity contribution in [2.45, 2.75) is 71.6 Å². The third kappa shape index (κ3) is 1.75. The highest BCUT2D eigenvalue weighted by molar-refractivity contribution is 5.53. The zero-order valence-corrected chi connectivity index (χ0v) is 13.6. The smallest absolute Gasteiger partial charge is 0.122 e. The van der Waals surface area contributed by atoms with Gasteiger partial charge in [-0.05, 0) is 58.6 Å². The van der Waals surface area contributed by atoms with Crippen LogP contribution in [0.25, 0.3) is 0 Å². The van der Waals surface area contributed by atoms with Crippen molar-refractivity contribution in [3.63, 3.8) is 0 Å². The highest BCUT2D eigenvalue weighted by Gasteiger charge is 2.52. The van der Waals surface area contributed by atoms with Crippen LogP contribution in [0.3, 0.4) is 0 Å². The summed E-state index contributed by atoms with van der Waals surface area (Å²) >= 11 is 0. The molecule has 110 valence electrons. The average Bonchev–Trinajstić information content (AvgIpc) is 2.65. The predicted octanol–water partition coefficient (Wildman–Crippen LogP) is 5.16. The first-order valence-electron chi connectivity index (χ1n) is 8.12. The van der Waals surface area contributed by atoms with E-state index in [9.17, 15) is 5.11 Å². The summed E-state index contributed by atoms with van der Waals surface area (Å²) in [4.78, 5) is 0. The minimum absolute atomic E-state index is 0.268. The summed E-state index contributed by atoms with van der Waals surface area (Å²) in [7, 11) is 0. The normalized spacial score (nSPS) is 31.2. The van der Waals surface area contributed by atoms with Crippen molar-refractivity contribution in [1.82, 2.24) is 0 Å². The van der Waals surface area contributed by atoms with Gasteiger partial charge < -0.3 is 5.11 Å². The van der Waals surface area contributed by atoms with E-state index in [1.165, 1.54) is 30.4 Å². The second kappa shape index (κ2) is 4.26. The summed E-state index contributed by atoms with van der Waals surface area (Å²) in [6.07, 6.45) is 4.96. The van der Waals surface area contributed by atoms with E-state index in [2.05, 4.69) is 46.8 Å². The van der Waals surface area contributed by atoms with E-state index in [4.69, 9.17) is 0 Å². The van der Waals surface area contributed by atoms with Gasteiger partial charge in [-0.1, -0.05) is 53.2 Å². The van der Waals surface area contributed by atoms with Gasteiger partial charge in [-0.2, -0.15) is 0 Å². The van der Waals surface area contributed by atoms with Gasteiger partial charge in [0.05, 0.1) is 0 Å². The van der Waals surface area contributed by atoms with Crippen LogP contribution in [0, 0.1) is 11.3 Å². The molecule has 0 spiro atoms. The molecule has 1 fully saturated rings. The first-order valence-corrected chi connectivity index (χ1v) is 8.12. The molecule has 0 saturated heterocycles.